The average Bonchev–Trinajstić information content (AvgIpc) is 3.36. The zero-order valence-electron chi connectivity index (χ0n) is 18.1. The maximum absolute atomic E-state index is 12.8. The summed E-state index contributed by atoms with van der Waals surface area (Å²) < 4.78 is 0. The Morgan fingerprint density at radius 1 is 1.26 bits per heavy atom. The Morgan fingerprint density at radius 2 is 1.97 bits per heavy atom. The Bertz CT molecular complexity index is 1110. The zero-order chi connectivity index (χ0) is 24.4. The highest BCUT2D eigenvalue weighted by Gasteiger charge is 2.74. The molecular formula is C19H24N10O5. The molecule has 4 saturated heterocycles. The highest BCUT2D eigenvalue weighted by atomic mass is 16.5. The second-order valence-electron chi connectivity index (χ2n) is 8.74. The molecule has 5 heterocycles. The number of amides is 3. The van der Waals surface area contributed by atoms with E-state index in [1.54, 1.807) is 6.92 Å². The maximum atomic E-state index is 12.8. The third kappa shape index (κ3) is 3.00. The molecular weight excluding hydrogens is 448 g/mol. The minimum absolute atomic E-state index is 0.0320. The quantitative estimate of drug-likeness (QED) is 0.156. The monoisotopic (exact) mass is 472 g/mol. The standard InChI is InChI=1S/C19H24N10O5/c1-8-22-5-4-9(23-8)15(32)25-11-7-29-17(21)24-10(6-28-12(30)2-3-13(28)31)14-18(29,19(11,33)34)27-16(20)26-14/h4-5,10-11,14,33-34H,2-3,6-7H2,1H3,(H2,21,24)(H,25,32)(H3,20,26,27)/t10?,11?,14-,18-/m0/s1. The van der Waals surface area contributed by atoms with Gasteiger partial charge in [0, 0.05) is 25.6 Å². The van der Waals surface area contributed by atoms with Gasteiger partial charge in [0.15, 0.2) is 17.6 Å². The van der Waals surface area contributed by atoms with Crippen molar-refractivity contribution in [2.24, 2.45) is 0 Å². The lowest BCUT2D eigenvalue weighted by Gasteiger charge is -2.51. The Labute approximate surface area is 192 Å². The van der Waals surface area contributed by atoms with Crippen LogP contribution in [0.5, 0.6) is 0 Å². The van der Waals surface area contributed by atoms with E-state index in [-0.39, 0.29) is 55.4 Å². The fourth-order valence-corrected chi connectivity index (χ4v) is 5.17. The summed E-state index contributed by atoms with van der Waals surface area (Å²) in [4.78, 5) is 47.5. The zero-order valence-corrected chi connectivity index (χ0v) is 18.1. The van der Waals surface area contributed by atoms with Crippen LogP contribution in [0.25, 0.3) is 0 Å². The van der Waals surface area contributed by atoms with Crippen LogP contribution in [0.15, 0.2) is 12.3 Å². The molecule has 15 heteroatoms. The van der Waals surface area contributed by atoms with E-state index in [1.807, 2.05) is 0 Å². The molecule has 1 spiro atoms. The molecule has 1 aromatic heterocycles. The predicted molar refractivity (Wildman–Crippen MR) is 113 cm³/mol. The molecule has 8 N–H and O–H groups in total. The van der Waals surface area contributed by atoms with Gasteiger partial charge < -0.3 is 36.4 Å². The second-order valence-corrected chi connectivity index (χ2v) is 8.74. The van der Waals surface area contributed by atoms with Crippen molar-refractivity contribution in [2.45, 2.75) is 49.3 Å². The van der Waals surface area contributed by atoms with Gasteiger partial charge in [0.05, 0.1) is 18.6 Å². The van der Waals surface area contributed by atoms with Gasteiger partial charge in [-0.15, -0.1) is 0 Å². The summed E-state index contributed by atoms with van der Waals surface area (Å²) in [6, 6.07) is -1.66. The van der Waals surface area contributed by atoms with Gasteiger partial charge >= 0.3 is 0 Å². The molecule has 4 fully saturated rings. The molecule has 34 heavy (non-hydrogen) atoms. The summed E-state index contributed by atoms with van der Waals surface area (Å²) in [5, 5.41) is 50.4. The highest BCUT2D eigenvalue weighted by Crippen LogP contribution is 2.43. The van der Waals surface area contributed by atoms with E-state index < -0.39 is 35.5 Å². The van der Waals surface area contributed by atoms with Crippen LogP contribution >= 0.6 is 0 Å². The number of nitrogens with zero attached hydrogens (tertiary/aromatic N) is 4. The second kappa shape index (κ2) is 7.33. The van der Waals surface area contributed by atoms with Crippen molar-refractivity contribution in [2.75, 3.05) is 13.1 Å². The summed E-state index contributed by atoms with van der Waals surface area (Å²) in [5.74, 6) is -4.13. The number of rotatable bonds is 4. The number of carbonyl (C=O) groups excluding carboxylic acids is 3. The number of hydrogen-bond donors (Lipinski definition) is 8. The van der Waals surface area contributed by atoms with Gasteiger partial charge in [-0.3, -0.25) is 30.1 Å². The Kier molecular flexibility index (Phi) is 4.73. The number of imide groups is 1. The topological polar surface area (TPSA) is 220 Å². The lowest BCUT2D eigenvalue weighted by molar-refractivity contribution is -0.232. The lowest BCUT2D eigenvalue weighted by atomic mass is 9.84. The molecule has 0 aliphatic carbocycles. The van der Waals surface area contributed by atoms with Gasteiger partial charge in [-0.05, 0) is 13.0 Å². The molecule has 2 unspecified atom stereocenters. The van der Waals surface area contributed by atoms with Crippen LogP contribution in [0, 0.1) is 17.7 Å². The van der Waals surface area contributed by atoms with Crippen molar-refractivity contribution < 1.29 is 24.6 Å². The Morgan fingerprint density at radius 3 is 2.65 bits per heavy atom. The molecule has 180 valence electrons. The number of aliphatic hydroxyl groups is 2. The largest absolute Gasteiger partial charge is 0.361 e. The van der Waals surface area contributed by atoms with Gasteiger partial charge in [-0.25, -0.2) is 9.97 Å². The maximum Gasteiger partial charge on any atom is 0.270 e. The lowest BCUT2D eigenvalue weighted by Crippen LogP contribution is -2.81. The van der Waals surface area contributed by atoms with E-state index in [4.69, 9.17) is 10.8 Å². The molecule has 4 aliphatic rings. The summed E-state index contributed by atoms with van der Waals surface area (Å²) >= 11 is 0. The highest BCUT2D eigenvalue weighted by molar-refractivity contribution is 6.02. The number of carbonyl (C=O) groups is 3. The number of nitrogens with one attached hydrogen (secondary N) is 6. The van der Waals surface area contributed by atoms with E-state index >= 15 is 0 Å². The minimum Gasteiger partial charge on any atom is -0.361 e. The molecule has 4 aliphatic heterocycles. The SMILES string of the molecule is Cc1nccc(C(=O)NC2CN3C(=N)NC(CN4C(=O)CCC4=O)[C@@H]4NC(=N)N[C@@]43C2(O)O)n1. The van der Waals surface area contributed by atoms with E-state index in [1.165, 1.54) is 17.2 Å². The van der Waals surface area contributed by atoms with Crippen molar-refractivity contribution in [3.63, 3.8) is 0 Å². The van der Waals surface area contributed by atoms with Crippen molar-refractivity contribution in [1.29, 1.82) is 10.8 Å². The van der Waals surface area contributed by atoms with Gasteiger partial charge in [0.1, 0.15) is 17.6 Å². The first-order chi connectivity index (χ1) is 16.0. The van der Waals surface area contributed by atoms with Crippen LogP contribution in [0.3, 0.4) is 0 Å². The molecule has 1 aromatic rings. The molecule has 0 bridgehead atoms. The molecule has 5 rings (SSSR count). The van der Waals surface area contributed by atoms with Gasteiger partial charge in [-0.2, -0.15) is 0 Å². The average molecular weight is 472 g/mol. The first-order valence-corrected chi connectivity index (χ1v) is 10.7. The van der Waals surface area contributed by atoms with Crippen LogP contribution in [0.2, 0.25) is 0 Å². The Balaban J connectivity index is 1.46. The van der Waals surface area contributed by atoms with E-state index in [9.17, 15) is 24.6 Å². The van der Waals surface area contributed by atoms with E-state index in [0.717, 1.165) is 4.90 Å². The van der Waals surface area contributed by atoms with Crippen LogP contribution in [0.4, 0.5) is 0 Å². The van der Waals surface area contributed by atoms with Crippen LogP contribution < -0.4 is 21.3 Å². The van der Waals surface area contributed by atoms with Gasteiger partial charge in [0.25, 0.3) is 5.91 Å². The van der Waals surface area contributed by atoms with Crippen molar-refractivity contribution >= 4 is 29.6 Å². The molecule has 4 atom stereocenters. The van der Waals surface area contributed by atoms with Crippen molar-refractivity contribution in [3.8, 4) is 0 Å². The van der Waals surface area contributed by atoms with Gasteiger partial charge in [0.2, 0.25) is 17.6 Å². The third-order valence-corrected chi connectivity index (χ3v) is 6.75. The van der Waals surface area contributed by atoms with E-state index in [0.29, 0.717) is 5.82 Å². The molecule has 0 aromatic carbocycles. The van der Waals surface area contributed by atoms with Crippen LogP contribution in [-0.4, -0.2) is 102 Å². The number of aromatic nitrogens is 2. The molecule has 0 saturated carbocycles. The summed E-state index contributed by atoms with van der Waals surface area (Å²) in [6.45, 7) is 1.30. The molecule has 15 nitrogen and oxygen atoms in total. The number of likely N-dealkylation sites (tertiary alicyclic amines) is 1. The third-order valence-electron chi connectivity index (χ3n) is 6.75. The first-order valence-electron chi connectivity index (χ1n) is 10.7. The predicted octanol–water partition coefficient (Wildman–Crippen LogP) is -3.87. The summed E-state index contributed by atoms with van der Waals surface area (Å²) in [6.07, 6.45) is 1.59. The number of hydrogen-bond acceptors (Lipinski definition) is 9. The molecule has 3 amide bonds. The summed E-state index contributed by atoms with van der Waals surface area (Å²) in [7, 11) is 0. The normalized spacial score (nSPS) is 31.6. The van der Waals surface area contributed by atoms with E-state index in [2.05, 4.69) is 31.2 Å². The first kappa shape index (κ1) is 22.0. The van der Waals surface area contributed by atoms with Crippen molar-refractivity contribution in [1.82, 2.24) is 41.0 Å². The van der Waals surface area contributed by atoms with Crippen LogP contribution in [-0.2, 0) is 9.59 Å². The smallest absolute Gasteiger partial charge is 0.270 e. The summed E-state index contributed by atoms with van der Waals surface area (Å²) in [5.41, 5.74) is -1.80. The Hall–Kier alpha value is -3.85. The fourth-order valence-electron chi connectivity index (χ4n) is 5.17. The molecule has 0 radical (unpaired) electrons. The van der Waals surface area contributed by atoms with Crippen LogP contribution in [0.1, 0.15) is 29.2 Å². The van der Waals surface area contributed by atoms with Crippen molar-refractivity contribution in [3.05, 3.63) is 23.8 Å². The fraction of sp³-hybridized carbons (Fsp3) is 0.526. The minimum atomic E-state index is -2.67. The number of guanidine groups is 2. The number of aryl methyl sites for hydroxylation is 1. The van der Waals surface area contributed by atoms with Gasteiger partial charge in [-0.1, -0.05) is 0 Å².